The molecule has 6 heteroatoms. The molecule has 5 atom stereocenters. The van der Waals surface area contributed by atoms with Gasteiger partial charge in [0.1, 0.15) is 24.4 Å². The minimum atomic E-state index is -1.40. The van der Waals surface area contributed by atoms with Gasteiger partial charge in [-0.15, -0.1) is 0 Å². The Bertz CT molecular complexity index is 252. The van der Waals surface area contributed by atoms with Crippen molar-refractivity contribution < 1.29 is 29.9 Å². The highest BCUT2D eigenvalue weighted by atomic mass is 16.7. The Morgan fingerprint density at radius 3 is 2.38 bits per heavy atom. The van der Waals surface area contributed by atoms with Gasteiger partial charge in [0.25, 0.3) is 0 Å². The molecule has 4 N–H and O–H groups in total. The predicted octanol–water partition coefficient (Wildman–Crippen LogP) is -1.27. The summed E-state index contributed by atoms with van der Waals surface area (Å²) in [7, 11) is 0. The second-order valence-corrected chi connectivity index (χ2v) is 3.71. The Labute approximate surface area is 93.7 Å². The van der Waals surface area contributed by atoms with Crippen LogP contribution in [0.1, 0.15) is 13.8 Å². The lowest BCUT2D eigenvalue weighted by molar-refractivity contribution is -0.291. The van der Waals surface area contributed by atoms with Crippen molar-refractivity contribution >= 4 is 0 Å². The van der Waals surface area contributed by atoms with Crippen LogP contribution in [0.2, 0.25) is 0 Å². The van der Waals surface area contributed by atoms with E-state index in [0.717, 1.165) is 0 Å². The van der Waals surface area contributed by atoms with Gasteiger partial charge in [-0.2, -0.15) is 0 Å². The summed E-state index contributed by atoms with van der Waals surface area (Å²) < 4.78 is 10.3. The van der Waals surface area contributed by atoms with Gasteiger partial charge < -0.3 is 29.9 Å². The molecule has 5 unspecified atom stereocenters. The Balaban J connectivity index is 2.71. The summed E-state index contributed by atoms with van der Waals surface area (Å²) in [5.74, 6) is 0.518. The molecule has 1 heterocycles. The topological polar surface area (TPSA) is 99.4 Å². The number of rotatable bonds is 3. The van der Waals surface area contributed by atoms with Crippen molar-refractivity contribution in [1.82, 2.24) is 0 Å². The Kier molecular flexibility index (Phi) is 4.69. The molecule has 94 valence electrons. The standard InChI is InChI=1S/C10H18O6/c1-3-5(2)15-10-9(14)8(13)7(12)6(4-11)16-10/h3,6-14H,4H2,1-2H3/b5-3+. The smallest absolute Gasteiger partial charge is 0.228 e. The quantitative estimate of drug-likeness (QED) is 0.454. The molecule has 16 heavy (non-hydrogen) atoms. The molecule has 0 bridgehead atoms. The second-order valence-electron chi connectivity index (χ2n) is 3.71. The SMILES string of the molecule is C/C=C(\C)OC1OC(CO)C(O)C(O)C1O. The lowest BCUT2D eigenvalue weighted by Gasteiger charge is -2.39. The van der Waals surface area contributed by atoms with E-state index in [1.54, 1.807) is 19.9 Å². The predicted molar refractivity (Wildman–Crippen MR) is 54.3 cm³/mol. The second kappa shape index (κ2) is 5.60. The van der Waals surface area contributed by atoms with E-state index < -0.39 is 37.3 Å². The first kappa shape index (κ1) is 13.4. The summed E-state index contributed by atoms with van der Waals surface area (Å²) in [6.45, 7) is 2.96. The monoisotopic (exact) mass is 234 g/mol. The molecule has 1 rings (SSSR count). The van der Waals surface area contributed by atoms with Crippen LogP contribution in [0.4, 0.5) is 0 Å². The Morgan fingerprint density at radius 1 is 1.25 bits per heavy atom. The van der Waals surface area contributed by atoms with Crippen molar-refractivity contribution in [1.29, 1.82) is 0 Å². The van der Waals surface area contributed by atoms with Gasteiger partial charge in [-0.1, -0.05) is 0 Å². The molecule has 1 aliphatic rings. The van der Waals surface area contributed by atoms with Crippen molar-refractivity contribution in [2.24, 2.45) is 0 Å². The van der Waals surface area contributed by atoms with Crippen molar-refractivity contribution in [3.05, 3.63) is 11.8 Å². The largest absolute Gasteiger partial charge is 0.467 e. The fraction of sp³-hybridized carbons (Fsp3) is 0.800. The number of aliphatic hydroxyl groups excluding tert-OH is 4. The fourth-order valence-electron chi connectivity index (χ4n) is 1.42. The fourth-order valence-corrected chi connectivity index (χ4v) is 1.42. The summed E-state index contributed by atoms with van der Waals surface area (Å²) in [6, 6.07) is 0. The Morgan fingerprint density at radius 2 is 1.88 bits per heavy atom. The van der Waals surface area contributed by atoms with Gasteiger partial charge in [0.15, 0.2) is 0 Å². The third-order valence-corrected chi connectivity index (χ3v) is 2.56. The van der Waals surface area contributed by atoms with Gasteiger partial charge in [-0.25, -0.2) is 0 Å². The van der Waals surface area contributed by atoms with Gasteiger partial charge in [0.2, 0.25) is 6.29 Å². The molecule has 0 amide bonds. The summed E-state index contributed by atoms with van der Waals surface area (Å²) in [5, 5.41) is 37.5. The van der Waals surface area contributed by atoms with Gasteiger partial charge in [-0.05, 0) is 19.9 Å². The number of hydrogen-bond donors (Lipinski definition) is 4. The first-order chi connectivity index (χ1) is 7.51. The maximum Gasteiger partial charge on any atom is 0.228 e. The summed E-state index contributed by atoms with van der Waals surface area (Å²) in [6.07, 6.45) is -4.47. The highest BCUT2D eigenvalue weighted by Gasteiger charge is 2.44. The number of ether oxygens (including phenoxy) is 2. The number of aliphatic hydroxyl groups is 4. The first-order valence-electron chi connectivity index (χ1n) is 5.11. The normalized spacial score (nSPS) is 40.9. The summed E-state index contributed by atoms with van der Waals surface area (Å²) in [4.78, 5) is 0. The maximum atomic E-state index is 9.60. The number of allylic oxidation sites excluding steroid dienone is 2. The van der Waals surface area contributed by atoms with E-state index >= 15 is 0 Å². The molecule has 1 fully saturated rings. The third-order valence-electron chi connectivity index (χ3n) is 2.56. The molecule has 0 aromatic rings. The van der Waals surface area contributed by atoms with Crippen LogP contribution in [0.25, 0.3) is 0 Å². The van der Waals surface area contributed by atoms with Crippen LogP contribution in [-0.2, 0) is 9.47 Å². The van der Waals surface area contributed by atoms with E-state index in [0.29, 0.717) is 5.76 Å². The molecule has 0 aromatic heterocycles. The van der Waals surface area contributed by atoms with E-state index in [2.05, 4.69) is 0 Å². The molecule has 0 saturated carbocycles. The van der Waals surface area contributed by atoms with E-state index in [-0.39, 0.29) is 0 Å². The molecular weight excluding hydrogens is 216 g/mol. The maximum absolute atomic E-state index is 9.60. The number of hydrogen-bond acceptors (Lipinski definition) is 6. The molecule has 0 aromatic carbocycles. The van der Waals surface area contributed by atoms with E-state index in [4.69, 9.17) is 14.6 Å². The molecule has 0 spiro atoms. The van der Waals surface area contributed by atoms with Gasteiger partial charge in [-0.3, -0.25) is 0 Å². The average Bonchev–Trinajstić information content (AvgIpc) is 2.29. The molecular formula is C10H18O6. The van der Waals surface area contributed by atoms with Crippen LogP contribution < -0.4 is 0 Å². The molecule has 6 nitrogen and oxygen atoms in total. The molecule has 0 radical (unpaired) electrons. The van der Waals surface area contributed by atoms with Crippen LogP contribution in [0.3, 0.4) is 0 Å². The highest BCUT2D eigenvalue weighted by Crippen LogP contribution is 2.23. The minimum Gasteiger partial charge on any atom is -0.467 e. The van der Waals surface area contributed by atoms with E-state index in [1.807, 2.05) is 0 Å². The molecule has 0 aliphatic carbocycles. The minimum absolute atomic E-state index is 0.459. The van der Waals surface area contributed by atoms with Crippen LogP contribution in [0, 0.1) is 0 Å². The van der Waals surface area contributed by atoms with Crippen LogP contribution in [0.15, 0.2) is 11.8 Å². The zero-order chi connectivity index (χ0) is 12.3. The van der Waals surface area contributed by atoms with Crippen molar-refractivity contribution in [3.8, 4) is 0 Å². The Hall–Kier alpha value is -0.660. The first-order valence-corrected chi connectivity index (χ1v) is 5.11. The van der Waals surface area contributed by atoms with Crippen molar-refractivity contribution in [2.75, 3.05) is 6.61 Å². The van der Waals surface area contributed by atoms with Gasteiger partial charge in [0, 0.05) is 0 Å². The zero-order valence-corrected chi connectivity index (χ0v) is 9.28. The lowest BCUT2D eigenvalue weighted by Crippen LogP contribution is -2.59. The van der Waals surface area contributed by atoms with E-state index in [9.17, 15) is 15.3 Å². The summed E-state index contributed by atoms with van der Waals surface area (Å²) >= 11 is 0. The zero-order valence-electron chi connectivity index (χ0n) is 9.28. The van der Waals surface area contributed by atoms with Gasteiger partial charge >= 0.3 is 0 Å². The molecule has 1 aliphatic heterocycles. The van der Waals surface area contributed by atoms with E-state index in [1.165, 1.54) is 0 Å². The van der Waals surface area contributed by atoms with Gasteiger partial charge in [0.05, 0.1) is 12.4 Å². The lowest BCUT2D eigenvalue weighted by atomic mass is 9.99. The van der Waals surface area contributed by atoms with Crippen LogP contribution in [0.5, 0.6) is 0 Å². The van der Waals surface area contributed by atoms with Crippen molar-refractivity contribution in [2.45, 2.75) is 44.6 Å². The summed E-state index contributed by atoms with van der Waals surface area (Å²) in [5.41, 5.74) is 0. The highest BCUT2D eigenvalue weighted by molar-refractivity contribution is 4.92. The molecule has 1 saturated heterocycles. The van der Waals surface area contributed by atoms with Crippen LogP contribution in [-0.4, -0.2) is 57.7 Å². The van der Waals surface area contributed by atoms with Crippen molar-refractivity contribution in [3.63, 3.8) is 0 Å². The average molecular weight is 234 g/mol. The third kappa shape index (κ3) is 2.72. The van der Waals surface area contributed by atoms with Crippen LogP contribution >= 0.6 is 0 Å².